The van der Waals surface area contributed by atoms with E-state index >= 15 is 0 Å². The molecule has 0 aromatic carbocycles. The van der Waals surface area contributed by atoms with Crippen LogP contribution in [0.2, 0.25) is 0 Å². The minimum atomic E-state index is -0.576. The predicted octanol–water partition coefficient (Wildman–Crippen LogP) is 1.71. The van der Waals surface area contributed by atoms with E-state index in [0.29, 0.717) is 35.3 Å². The van der Waals surface area contributed by atoms with Crippen LogP contribution in [0.3, 0.4) is 0 Å². The Labute approximate surface area is 154 Å². The van der Waals surface area contributed by atoms with Gasteiger partial charge in [-0.05, 0) is 25.8 Å². The minimum absolute atomic E-state index is 0.258. The fourth-order valence-corrected chi connectivity index (χ4v) is 3.51. The van der Waals surface area contributed by atoms with E-state index in [1.54, 1.807) is 42.0 Å². The molecule has 0 radical (unpaired) electrons. The van der Waals surface area contributed by atoms with E-state index in [0.717, 1.165) is 12.0 Å². The summed E-state index contributed by atoms with van der Waals surface area (Å²) >= 11 is 0. The number of amides is 1. The Morgan fingerprint density at radius 2 is 2.19 bits per heavy atom. The fourth-order valence-electron chi connectivity index (χ4n) is 3.51. The highest BCUT2D eigenvalue weighted by Gasteiger charge is 2.36. The summed E-state index contributed by atoms with van der Waals surface area (Å²) in [6.45, 7) is 2.25. The number of rotatable bonds is 3. The number of carbonyl (C=O) groups is 2. The Hall–Kier alpha value is -3.23. The number of esters is 1. The van der Waals surface area contributed by atoms with Crippen LogP contribution in [0.15, 0.2) is 23.0 Å². The Morgan fingerprint density at radius 3 is 2.89 bits per heavy atom. The highest BCUT2D eigenvalue weighted by atomic mass is 16.5. The predicted molar refractivity (Wildman–Crippen MR) is 94.8 cm³/mol. The first kappa shape index (κ1) is 17.2. The topological polar surface area (TPSA) is 103 Å². The van der Waals surface area contributed by atoms with Crippen molar-refractivity contribution < 1.29 is 18.8 Å². The van der Waals surface area contributed by atoms with Crippen molar-refractivity contribution >= 4 is 23.0 Å². The van der Waals surface area contributed by atoms with Gasteiger partial charge in [-0.25, -0.2) is 9.78 Å². The molecule has 3 aromatic heterocycles. The average molecular weight is 369 g/mol. The number of pyridine rings is 1. The summed E-state index contributed by atoms with van der Waals surface area (Å²) < 4.78 is 11.8. The summed E-state index contributed by atoms with van der Waals surface area (Å²) in [6.07, 6.45) is 4.81. The van der Waals surface area contributed by atoms with Crippen LogP contribution in [0.4, 0.5) is 0 Å². The SMILES string of the molecule is COC(=O)[C@H]1CCCN1C(=O)c1cc(-c2cnn(C)c2)nc2onc(C)c12. The minimum Gasteiger partial charge on any atom is -0.467 e. The van der Waals surface area contributed by atoms with E-state index in [1.807, 2.05) is 0 Å². The van der Waals surface area contributed by atoms with Crippen molar-refractivity contribution in [3.8, 4) is 11.3 Å². The summed E-state index contributed by atoms with van der Waals surface area (Å²) in [6, 6.07) is 1.13. The van der Waals surface area contributed by atoms with Gasteiger partial charge in [-0.15, -0.1) is 0 Å². The number of likely N-dealkylation sites (tertiary alicyclic amines) is 1. The van der Waals surface area contributed by atoms with Gasteiger partial charge < -0.3 is 14.2 Å². The number of carbonyl (C=O) groups excluding carboxylic acids is 2. The van der Waals surface area contributed by atoms with Crippen LogP contribution in [0.25, 0.3) is 22.4 Å². The van der Waals surface area contributed by atoms with E-state index in [1.165, 1.54) is 7.11 Å². The molecule has 1 amide bonds. The molecule has 27 heavy (non-hydrogen) atoms. The van der Waals surface area contributed by atoms with Gasteiger partial charge in [-0.3, -0.25) is 9.48 Å². The van der Waals surface area contributed by atoms with E-state index in [9.17, 15) is 9.59 Å². The van der Waals surface area contributed by atoms with Gasteiger partial charge in [0.1, 0.15) is 6.04 Å². The molecular weight excluding hydrogens is 350 g/mol. The molecule has 4 rings (SSSR count). The van der Waals surface area contributed by atoms with Crippen LogP contribution < -0.4 is 0 Å². The maximum atomic E-state index is 13.3. The number of hydrogen-bond acceptors (Lipinski definition) is 7. The molecule has 0 unspecified atom stereocenters. The van der Waals surface area contributed by atoms with Gasteiger partial charge in [0.05, 0.1) is 35.6 Å². The molecule has 0 bridgehead atoms. The monoisotopic (exact) mass is 369 g/mol. The molecule has 1 aliphatic heterocycles. The molecule has 4 heterocycles. The first-order chi connectivity index (χ1) is 13.0. The molecule has 9 heteroatoms. The van der Waals surface area contributed by atoms with Crippen molar-refractivity contribution in [1.29, 1.82) is 0 Å². The van der Waals surface area contributed by atoms with Gasteiger partial charge in [0.2, 0.25) is 0 Å². The van der Waals surface area contributed by atoms with Gasteiger partial charge in [0.25, 0.3) is 11.6 Å². The lowest BCUT2D eigenvalue weighted by Crippen LogP contribution is -2.41. The standard InChI is InChI=1S/C18H19N5O4/c1-10-15-12(17(24)23-6-4-5-14(23)18(25)26-3)7-13(20-16(15)27-21-10)11-8-19-22(2)9-11/h7-9,14H,4-6H2,1-3H3/t14-/m1/s1. The largest absolute Gasteiger partial charge is 0.467 e. The van der Waals surface area contributed by atoms with Crippen LogP contribution in [0.5, 0.6) is 0 Å². The molecule has 1 fully saturated rings. The molecule has 1 atom stereocenters. The summed E-state index contributed by atoms with van der Waals surface area (Å²) in [4.78, 5) is 31.4. The van der Waals surface area contributed by atoms with Crippen LogP contribution in [0, 0.1) is 6.92 Å². The van der Waals surface area contributed by atoms with Crippen LogP contribution >= 0.6 is 0 Å². The van der Waals surface area contributed by atoms with Crippen molar-refractivity contribution in [3.05, 3.63) is 29.7 Å². The maximum absolute atomic E-state index is 13.3. The summed E-state index contributed by atoms with van der Waals surface area (Å²) in [5.41, 5.74) is 2.59. The second kappa shape index (κ2) is 6.49. The van der Waals surface area contributed by atoms with Crippen molar-refractivity contribution in [2.45, 2.75) is 25.8 Å². The molecule has 1 aliphatic rings. The van der Waals surface area contributed by atoms with Crippen molar-refractivity contribution in [3.63, 3.8) is 0 Å². The molecule has 9 nitrogen and oxygen atoms in total. The Bertz CT molecular complexity index is 1040. The smallest absolute Gasteiger partial charge is 0.328 e. The normalized spacial score (nSPS) is 16.9. The maximum Gasteiger partial charge on any atom is 0.328 e. The number of aryl methyl sites for hydroxylation is 2. The van der Waals surface area contributed by atoms with E-state index < -0.39 is 12.0 Å². The Morgan fingerprint density at radius 1 is 1.37 bits per heavy atom. The lowest BCUT2D eigenvalue weighted by molar-refractivity contribution is -0.145. The number of fused-ring (bicyclic) bond motifs is 1. The number of nitrogens with zero attached hydrogens (tertiary/aromatic N) is 5. The molecule has 1 saturated heterocycles. The lowest BCUT2D eigenvalue weighted by Gasteiger charge is -2.23. The Kier molecular flexibility index (Phi) is 4.14. The van der Waals surface area contributed by atoms with Crippen molar-refractivity contribution in [2.24, 2.45) is 7.05 Å². The first-order valence-corrected chi connectivity index (χ1v) is 8.64. The summed E-state index contributed by atoms with van der Waals surface area (Å²) in [5.74, 6) is -0.660. The van der Waals surface area contributed by atoms with Gasteiger partial charge in [-0.1, -0.05) is 5.16 Å². The summed E-state index contributed by atoms with van der Waals surface area (Å²) in [7, 11) is 3.14. The van der Waals surface area contributed by atoms with Crippen molar-refractivity contribution in [1.82, 2.24) is 24.8 Å². The molecule has 140 valence electrons. The number of ether oxygens (including phenoxy) is 1. The lowest BCUT2D eigenvalue weighted by atomic mass is 10.1. The van der Waals surface area contributed by atoms with E-state index in [2.05, 4.69) is 15.2 Å². The third kappa shape index (κ3) is 2.84. The molecule has 0 spiro atoms. The number of hydrogen-bond donors (Lipinski definition) is 0. The zero-order chi connectivity index (χ0) is 19.1. The number of aromatic nitrogens is 4. The highest BCUT2D eigenvalue weighted by Crippen LogP contribution is 2.30. The van der Waals surface area contributed by atoms with E-state index in [-0.39, 0.29) is 11.6 Å². The molecule has 3 aromatic rings. The van der Waals surface area contributed by atoms with Crippen LogP contribution in [-0.4, -0.2) is 56.4 Å². The van der Waals surface area contributed by atoms with Gasteiger partial charge in [-0.2, -0.15) is 5.10 Å². The molecule has 0 saturated carbocycles. The first-order valence-electron chi connectivity index (χ1n) is 8.64. The van der Waals surface area contributed by atoms with E-state index in [4.69, 9.17) is 9.26 Å². The van der Waals surface area contributed by atoms with Gasteiger partial charge in [0.15, 0.2) is 0 Å². The Balaban J connectivity index is 1.83. The zero-order valence-corrected chi connectivity index (χ0v) is 15.3. The van der Waals surface area contributed by atoms with Gasteiger partial charge >= 0.3 is 5.97 Å². The van der Waals surface area contributed by atoms with Crippen LogP contribution in [-0.2, 0) is 16.6 Å². The third-order valence-electron chi connectivity index (χ3n) is 4.84. The fraction of sp³-hybridized carbons (Fsp3) is 0.389. The summed E-state index contributed by atoms with van der Waals surface area (Å²) in [5, 5.41) is 8.66. The quantitative estimate of drug-likeness (QED) is 0.647. The average Bonchev–Trinajstić information content (AvgIpc) is 3.40. The highest BCUT2D eigenvalue weighted by molar-refractivity contribution is 6.08. The second-order valence-electron chi connectivity index (χ2n) is 6.59. The van der Waals surface area contributed by atoms with Crippen molar-refractivity contribution in [2.75, 3.05) is 13.7 Å². The van der Waals surface area contributed by atoms with Gasteiger partial charge in [0, 0.05) is 25.4 Å². The molecule has 0 N–H and O–H groups in total. The third-order valence-corrected chi connectivity index (χ3v) is 4.84. The zero-order valence-electron chi connectivity index (χ0n) is 15.3. The molecule has 0 aliphatic carbocycles. The molecular formula is C18H19N5O4. The van der Waals surface area contributed by atoms with Crippen LogP contribution in [0.1, 0.15) is 28.9 Å². The second-order valence-corrected chi connectivity index (χ2v) is 6.59. The number of methoxy groups -OCH3 is 1.